The maximum Gasteiger partial charge on any atom is 0.338 e. The van der Waals surface area contributed by atoms with Crippen LogP contribution in [0.25, 0.3) is 0 Å². The number of urea groups is 1. The SMILES string of the molecule is CCOC(=O)c1ccc(NC(=O)N[C@@H](Cc2cccc(C#N)c2)C(=O)N[C@H]2CCN(Cc3ccc(F)cc3)C2)cc1. The van der Waals surface area contributed by atoms with Crippen LogP contribution in [0.1, 0.15) is 40.4 Å². The third kappa shape index (κ3) is 8.62. The Morgan fingerprint density at radius 2 is 1.83 bits per heavy atom. The first-order valence-corrected chi connectivity index (χ1v) is 13.4. The van der Waals surface area contributed by atoms with Gasteiger partial charge in [-0.25, -0.2) is 14.0 Å². The van der Waals surface area contributed by atoms with E-state index < -0.39 is 18.0 Å². The largest absolute Gasteiger partial charge is 0.462 e. The lowest BCUT2D eigenvalue weighted by Gasteiger charge is -2.22. The van der Waals surface area contributed by atoms with Gasteiger partial charge in [-0.1, -0.05) is 24.3 Å². The summed E-state index contributed by atoms with van der Waals surface area (Å²) in [5.74, 6) is -1.08. The Morgan fingerprint density at radius 1 is 1.07 bits per heavy atom. The van der Waals surface area contributed by atoms with E-state index in [1.54, 1.807) is 67.6 Å². The van der Waals surface area contributed by atoms with Gasteiger partial charge in [-0.2, -0.15) is 5.26 Å². The summed E-state index contributed by atoms with van der Waals surface area (Å²) in [5, 5.41) is 17.8. The molecule has 0 spiro atoms. The highest BCUT2D eigenvalue weighted by Gasteiger charge is 2.28. The average molecular weight is 558 g/mol. The van der Waals surface area contributed by atoms with Crippen LogP contribution in [-0.2, 0) is 22.5 Å². The van der Waals surface area contributed by atoms with Gasteiger partial charge in [0.25, 0.3) is 0 Å². The smallest absolute Gasteiger partial charge is 0.338 e. The van der Waals surface area contributed by atoms with E-state index in [-0.39, 0.29) is 30.8 Å². The molecule has 0 aliphatic carbocycles. The van der Waals surface area contributed by atoms with E-state index in [1.165, 1.54) is 12.1 Å². The normalized spacial score (nSPS) is 15.4. The zero-order valence-electron chi connectivity index (χ0n) is 22.7. The molecule has 0 aromatic heterocycles. The van der Waals surface area contributed by atoms with Crippen molar-refractivity contribution in [3.8, 4) is 6.07 Å². The van der Waals surface area contributed by atoms with E-state index in [9.17, 15) is 24.0 Å². The number of hydrogen-bond acceptors (Lipinski definition) is 6. The van der Waals surface area contributed by atoms with Crippen LogP contribution in [0.3, 0.4) is 0 Å². The van der Waals surface area contributed by atoms with Gasteiger partial charge in [0.05, 0.1) is 23.8 Å². The van der Waals surface area contributed by atoms with Crippen LogP contribution < -0.4 is 16.0 Å². The Morgan fingerprint density at radius 3 is 2.54 bits per heavy atom. The molecule has 3 aromatic rings. The molecule has 1 aliphatic rings. The van der Waals surface area contributed by atoms with Crippen molar-refractivity contribution < 1.29 is 23.5 Å². The third-order valence-corrected chi connectivity index (χ3v) is 6.71. The fourth-order valence-electron chi connectivity index (χ4n) is 4.69. The van der Waals surface area contributed by atoms with Crippen LogP contribution in [0.5, 0.6) is 0 Å². The summed E-state index contributed by atoms with van der Waals surface area (Å²) >= 11 is 0. The number of nitrogens with zero attached hydrogens (tertiary/aromatic N) is 2. The number of likely N-dealkylation sites (tertiary alicyclic amines) is 1. The molecular formula is C31H32FN5O4. The Balaban J connectivity index is 1.39. The number of carbonyl (C=O) groups excluding carboxylic acids is 3. The molecule has 10 heteroatoms. The fourth-order valence-corrected chi connectivity index (χ4v) is 4.69. The summed E-state index contributed by atoms with van der Waals surface area (Å²) in [6.07, 6.45) is 0.922. The van der Waals surface area contributed by atoms with Crippen molar-refractivity contribution in [2.24, 2.45) is 0 Å². The van der Waals surface area contributed by atoms with E-state index in [1.807, 2.05) is 0 Å². The molecule has 0 radical (unpaired) electrons. The Hall–Kier alpha value is -4.75. The van der Waals surface area contributed by atoms with E-state index in [4.69, 9.17) is 4.74 Å². The van der Waals surface area contributed by atoms with Gasteiger partial charge < -0.3 is 20.7 Å². The number of nitrogens with one attached hydrogen (secondary N) is 3. The molecule has 3 amide bonds. The highest BCUT2D eigenvalue weighted by Crippen LogP contribution is 2.16. The van der Waals surface area contributed by atoms with Crippen molar-refractivity contribution >= 4 is 23.6 Å². The van der Waals surface area contributed by atoms with Gasteiger partial charge in [0.15, 0.2) is 0 Å². The molecule has 1 saturated heterocycles. The summed E-state index contributed by atoms with van der Waals surface area (Å²) < 4.78 is 18.2. The van der Waals surface area contributed by atoms with Gasteiger partial charge in [-0.05, 0) is 73.0 Å². The molecule has 3 N–H and O–H groups in total. The predicted molar refractivity (Wildman–Crippen MR) is 151 cm³/mol. The molecule has 0 saturated carbocycles. The summed E-state index contributed by atoms with van der Waals surface area (Å²) in [7, 11) is 0. The van der Waals surface area contributed by atoms with Crippen LogP contribution in [0.4, 0.5) is 14.9 Å². The predicted octanol–water partition coefficient (Wildman–Crippen LogP) is 4.00. The molecule has 212 valence electrons. The van der Waals surface area contributed by atoms with Gasteiger partial charge in [0.1, 0.15) is 11.9 Å². The summed E-state index contributed by atoms with van der Waals surface area (Å²) in [6, 6.07) is 20.0. The molecule has 2 atom stereocenters. The van der Waals surface area contributed by atoms with Gasteiger partial charge in [-0.15, -0.1) is 0 Å². The number of nitriles is 1. The van der Waals surface area contributed by atoms with Crippen molar-refractivity contribution in [1.29, 1.82) is 5.26 Å². The van der Waals surface area contributed by atoms with Gasteiger partial charge in [0, 0.05) is 37.8 Å². The van der Waals surface area contributed by atoms with Crippen molar-refractivity contribution in [2.75, 3.05) is 25.0 Å². The van der Waals surface area contributed by atoms with E-state index in [0.717, 1.165) is 24.1 Å². The molecule has 3 aromatic carbocycles. The third-order valence-electron chi connectivity index (χ3n) is 6.71. The Labute approximate surface area is 238 Å². The Kier molecular flexibility index (Phi) is 10.0. The van der Waals surface area contributed by atoms with E-state index in [0.29, 0.717) is 29.9 Å². The molecule has 1 heterocycles. The van der Waals surface area contributed by atoms with Crippen molar-refractivity contribution in [3.05, 3.63) is 101 Å². The number of benzene rings is 3. The number of ether oxygens (including phenoxy) is 1. The number of anilines is 1. The van der Waals surface area contributed by atoms with Crippen LogP contribution in [0.2, 0.25) is 0 Å². The molecule has 4 rings (SSSR count). The molecule has 9 nitrogen and oxygen atoms in total. The van der Waals surface area contributed by atoms with Crippen LogP contribution in [0, 0.1) is 17.1 Å². The summed E-state index contributed by atoms with van der Waals surface area (Å²) in [5.41, 5.74) is 2.97. The second-order valence-electron chi connectivity index (χ2n) is 9.82. The first-order valence-electron chi connectivity index (χ1n) is 13.4. The van der Waals surface area contributed by atoms with Crippen molar-refractivity contribution in [3.63, 3.8) is 0 Å². The quantitative estimate of drug-likeness (QED) is 0.324. The zero-order valence-corrected chi connectivity index (χ0v) is 22.7. The van der Waals surface area contributed by atoms with Crippen LogP contribution in [-0.4, -0.2) is 54.6 Å². The molecule has 41 heavy (non-hydrogen) atoms. The molecular weight excluding hydrogens is 525 g/mol. The standard InChI is InChI=1S/C31H32FN5O4/c1-2-41-30(39)24-8-12-26(13-9-24)35-31(40)36-28(17-22-4-3-5-23(16-22)18-33)29(38)34-27-14-15-37(20-27)19-21-6-10-25(32)11-7-21/h3-13,16,27-28H,2,14-15,17,19-20H2,1H3,(H,34,38)(H2,35,36,40)/t27-,28-/m0/s1. The lowest BCUT2D eigenvalue weighted by Crippen LogP contribution is -2.52. The Bertz CT molecular complexity index is 1410. The highest BCUT2D eigenvalue weighted by atomic mass is 19.1. The van der Waals surface area contributed by atoms with Crippen molar-refractivity contribution in [1.82, 2.24) is 15.5 Å². The second-order valence-corrected chi connectivity index (χ2v) is 9.82. The first kappa shape index (κ1) is 29.2. The average Bonchev–Trinajstić information content (AvgIpc) is 3.41. The van der Waals surface area contributed by atoms with Gasteiger partial charge >= 0.3 is 12.0 Å². The molecule has 1 aliphatic heterocycles. The minimum absolute atomic E-state index is 0.115. The molecule has 0 bridgehead atoms. The number of amides is 3. The summed E-state index contributed by atoms with van der Waals surface area (Å²) in [6.45, 7) is 4.02. The molecule has 1 fully saturated rings. The van der Waals surface area contributed by atoms with Crippen molar-refractivity contribution in [2.45, 2.75) is 38.4 Å². The minimum Gasteiger partial charge on any atom is -0.462 e. The number of halogens is 1. The lowest BCUT2D eigenvalue weighted by atomic mass is 10.0. The van der Waals surface area contributed by atoms with Gasteiger partial charge in [-0.3, -0.25) is 9.69 Å². The lowest BCUT2D eigenvalue weighted by molar-refractivity contribution is -0.123. The summed E-state index contributed by atoms with van der Waals surface area (Å²) in [4.78, 5) is 40.4. The first-order chi connectivity index (χ1) is 19.8. The van der Waals surface area contributed by atoms with Crippen LogP contribution in [0.15, 0.2) is 72.8 Å². The van der Waals surface area contributed by atoms with Crippen LogP contribution >= 0.6 is 0 Å². The number of hydrogen-bond donors (Lipinski definition) is 3. The van der Waals surface area contributed by atoms with E-state index >= 15 is 0 Å². The fraction of sp³-hybridized carbons (Fsp3) is 0.290. The maximum absolute atomic E-state index is 13.4. The number of esters is 1. The second kappa shape index (κ2) is 14.1. The monoisotopic (exact) mass is 557 g/mol. The minimum atomic E-state index is -0.908. The number of carbonyl (C=O) groups is 3. The van der Waals surface area contributed by atoms with Gasteiger partial charge in [0.2, 0.25) is 5.91 Å². The number of rotatable bonds is 10. The maximum atomic E-state index is 13.4. The topological polar surface area (TPSA) is 124 Å². The van der Waals surface area contributed by atoms with E-state index in [2.05, 4.69) is 26.9 Å². The zero-order chi connectivity index (χ0) is 29.2. The highest BCUT2D eigenvalue weighted by molar-refractivity contribution is 5.95. The molecule has 0 unspecified atom stereocenters.